The van der Waals surface area contributed by atoms with Gasteiger partial charge in [0.25, 0.3) is 20.0 Å². The van der Waals surface area contributed by atoms with Crippen LogP contribution in [0.2, 0.25) is 10.0 Å². The summed E-state index contributed by atoms with van der Waals surface area (Å²) < 4.78 is 100. The number of nitrogens with zero attached hydrogens (tertiary/aromatic N) is 4. The Balaban J connectivity index is 1.13. The minimum atomic E-state index is -4.42. The first-order valence-corrected chi connectivity index (χ1v) is 22.7. The first kappa shape index (κ1) is 40.8. The van der Waals surface area contributed by atoms with Crippen molar-refractivity contribution in [3.63, 3.8) is 0 Å². The molecule has 6 rings (SSSR count). The Hall–Kier alpha value is -2.84. The first-order valence-electron chi connectivity index (χ1n) is 17.2. The summed E-state index contributed by atoms with van der Waals surface area (Å²) in [5.74, 6) is -1.94. The van der Waals surface area contributed by atoms with E-state index < -0.39 is 42.7 Å². The zero-order chi connectivity index (χ0) is 38.8. The molecule has 0 unspecified atom stereocenters. The number of benzene rings is 2. The lowest BCUT2D eigenvalue weighted by Crippen LogP contribution is -2.46. The van der Waals surface area contributed by atoms with Crippen LogP contribution >= 0.6 is 45.9 Å². The molecule has 12 nitrogen and oxygen atoms in total. The van der Waals surface area contributed by atoms with E-state index in [-0.39, 0.29) is 61.4 Å². The molecule has 2 N–H and O–H groups in total. The summed E-state index contributed by atoms with van der Waals surface area (Å²) in [6, 6.07) is 3.93. The molecule has 0 amide bonds. The average Bonchev–Trinajstić information content (AvgIpc) is 3.79. The summed E-state index contributed by atoms with van der Waals surface area (Å²) in [6.07, 6.45) is 7.38. The van der Waals surface area contributed by atoms with Gasteiger partial charge in [-0.25, -0.2) is 35.6 Å². The van der Waals surface area contributed by atoms with E-state index >= 15 is 4.39 Å². The SMILES string of the molecule is CN(C)[C@H]1CCCC[C@@H]1Oc1cc(F)c(S(=O)(=O)Nc2nc(CN(C)[C@H]3CCCC[C@@H]3Oc3cc(F)c(Cl)cc3S(=O)(=O)Nc3nccs3)cs2)cc1Cl. The van der Waals surface area contributed by atoms with Crippen molar-refractivity contribution in [2.24, 2.45) is 0 Å². The third-order valence-electron chi connectivity index (χ3n) is 9.51. The molecule has 20 heteroatoms. The predicted octanol–water partition coefficient (Wildman–Crippen LogP) is 7.86. The number of rotatable bonds is 14. The lowest BCUT2D eigenvalue weighted by atomic mass is 9.91. The van der Waals surface area contributed by atoms with Crippen LogP contribution < -0.4 is 18.9 Å². The highest BCUT2D eigenvalue weighted by Crippen LogP contribution is 2.37. The van der Waals surface area contributed by atoms with Crippen molar-refractivity contribution >= 4 is 76.2 Å². The molecular formula is C34H40Cl2F2N6O6S4. The Morgan fingerprint density at radius 3 is 2.06 bits per heavy atom. The second-order valence-electron chi connectivity index (χ2n) is 13.5. The number of ether oxygens (including phenoxy) is 2. The molecule has 2 aromatic carbocycles. The van der Waals surface area contributed by atoms with Crippen molar-refractivity contribution in [3.8, 4) is 11.5 Å². The highest BCUT2D eigenvalue weighted by molar-refractivity contribution is 7.93. The summed E-state index contributed by atoms with van der Waals surface area (Å²) in [5.41, 5.74) is 0.531. The molecule has 54 heavy (non-hydrogen) atoms. The molecule has 2 fully saturated rings. The van der Waals surface area contributed by atoms with E-state index in [0.717, 1.165) is 85.5 Å². The van der Waals surface area contributed by atoms with Crippen LogP contribution in [0.25, 0.3) is 0 Å². The molecule has 2 saturated carbocycles. The smallest absolute Gasteiger partial charge is 0.267 e. The van der Waals surface area contributed by atoms with E-state index in [9.17, 15) is 21.2 Å². The van der Waals surface area contributed by atoms with Gasteiger partial charge in [0.1, 0.15) is 45.1 Å². The Morgan fingerprint density at radius 2 is 1.37 bits per heavy atom. The van der Waals surface area contributed by atoms with E-state index in [1.165, 1.54) is 6.20 Å². The van der Waals surface area contributed by atoms with E-state index in [2.05, 4.69) is 24.3 Å². The third kappa shape index (κ3) is 9.57. The molecule has 0 aliphatic heterocycles. The van der Waals surface area contributed by atoms with Crippen LogP contribution in [0.4, 0.5) is 19.0 Å². The lowest BCUT2D eigenvalue weighted by molar-refractivity contribution is 0.0434. The van der Waals surface area contributed by atoms with Crippen molar-refractivity contribution < 1.29 is 35.1 Å². The summed E-state index contributed by atoms with van der Waals surface area (Å²) in [4.78, 5) is 11.5. The maximum absolute atomic E-state index is 15.4. The second kappa shape index (κ2) is 17.1. The normalized spacial score (nSPS) is 21.0. The molecule has 0 bridgehead atoms. The molecule has 2 aliphatic rings. The first-order chi connectivity index (χ1) is 25.6. The zero-order valence-electron chi connectivity index (χ0n) is 29.6. The summed E-state index contributed by atoms with van der Waals surface area (Å²) in [5, 5.41) is 3.05. The van der Waals surface area contributed by atoms with E-state index in [4.69, 9.17) is 32.7 Å². The van der Waals surface area contributed by atoms with E-state index in [0.29, 0.717) is 18.5 Å². The topological polar surface area (TPSA) is 143 Å². The number of nitrogens with one attached hydrogen (secondary N) is 2. The number of sulfonamides is 2. The number of hydrogen-bond donors (Lipinski definition) is 2. The van der Waals surface area contributed by atoms with Gasteiger partial charge in [0, 0.05) is 47.7 Å². The highest BCUT2D eigenvalue weighted by atomic mass is 35.5. The van der Waals surface area contributed by atoms with Gasteiger partial charge < -0.3 is 14.4 Å². The second-order valence-corrected chi connectivity index (χ2v) is 19.4. The van der Waals surface area contributed by atoms with Gasteiger partial charge in [-0.05, 0) is 71.8 Å². The summed E-state index contributed by atoms with van der Waals surface area (Å²) in [7, 11) is -2.89. The van der Waals surface area contributed by atoms with Gasteiger partial charge in [-0.3, -0.25) is 14.3 Å². The molecule has 0 saturated heterocycles. The van der Waals surface area contributed by atoms with Gasteiger partial charge in [-0.1, -0.05) is 36.0 Å². The van der Waals surface area contributed by atoms with Crippen molar-refractivity contribution in [1.82, 2.24) is 19.8 Å². The monoisotopic (exact) mass is 864 g/mol. The van der Waals surface area contributed by atoms with Crippen LogP contribution in [0.5, 0.6) is 11.5 Å². The fourth-order valence-electron chi connectivity index (χ4n) is 6.88. The van der Waals surface area contributed by atoms with Crippen molar-refractivity contribution in [2.75, 3.05) is 30.6 Å². The minimum absolute atomic E-state index is 0.0209. The molecule has 4 aromatic rings. The zero-order valence-corrected chi connectivity index (χ0v) is 34.4. The maximum Gasteiger partial charge on any atom is 0.267 e. The van der Waals surface area contributed by atoms with Gasteiger partial charge in [0.05, 0.1) is 15.7 Å². The number of thiazole rings is 2. The molecule has 2 aliphatic carbocycles. The quantitative estimate of drug-likeness (QED) is 0.129. The maximum atomic E-state index is 15.4. The van der Waals surface area contributed by atoms with Crippen LogP contribution in [0, 0.1) is 11.6 Å². The fraction of sp³-hybridized carbons (Fsp3) is 0.471. The van der Waals surface area contributed by atoms with Gasteiger partial charge >= 0.3 is 0 Å². The molecule has 0 spiro atoms. The van der Waals surface area contributed by atoms with Gasteiger partial charge in [0.2, 0.25) is 0 Å². The number of aromatic nitrogens is 2. The number of anilines is 2. The van der Waals surface area contributed by atoms with Crippen LogP contribution in [-0.4, -0.2) is 82.0 Å². The molecule has 4 atom stereocenters. The molecule has 2 aromatic heterocycles. The Bertz CT molecular complexity index is 2160. The summed E-state index contributed by atoms with van der Waals surface area (Å²) in [6.45, 7) is 0.274. The predicted molar refractivity (Wildman–Crippen MR) is 207 cm³/mol. The van der Waals surface area contributed by atoms with Gasteiger partial charge in [-0.15, -0.1) is 22.7 Å². The fourth-order valence-corrected chi connectivity index (χ4v) is 11.4. The van der Waals surface area contributed by atoms with Crippen LogP contribution in [0.1, 0.15) is 57.1 Å². The Labute approximate surface area is 331 Å². The molecule has 0 radical (unpaired) electrons. The Morgan fingerprint density at radius 1 is 0.778 bits per heavy atom. The third-order valence-corrected chi connectivity index (χ3v) is 14.6. The Kier molecular flexibility index (Phi) is 12.9. The molecule has 294 valence electrons. The van der Waals surface area contributed by atoms with Crippen LogP contribution in [0.3, 0.4) is 0 Å². The molecule has 2 heterocycles. The minimum Gasteiger partial charge on any atom is -0.487 e. The van der Waals surface area contributed by atoms with Crippen molar-refractivity contribution in [3.05, 3.63) is 68.6 Å². The van der Waals surface area contributed by atoms with E-state index in [1.54, 1.807) is 10.8 Å². The van der Waals surface area contributed by atoms with Crippen LogP contribution in [-0.2, 0) is 26.6 Å². The highest BCUT2D eigenvalue weighted by Gasteiger charge is 2.34. The summed E-state index contributed by atoms with van der Waals surface area (Å²) >= 11 is 14.6. The molecular weight excluding hydrogens is 826 g/mol. The van der Waals surface area contributed by atoms with E-state index in [1.807, 2.05) is 26.0 Å². The standard InChI is InChI=1S/C34H40Cl2F2N6O6S4/c1-43(2)25-8-4-6-10-27(25)49-29-17-24(38)31(15-22(29)36)53(45,46)42-34-40-20(19-52-34)18-44(3)26-9-5-7-11-28(26)50-30-16-23(37)21(35)14-32(30)54(47,48)41-33-39-12-13-51-33/h12-17,19,25-28H,4-11,18H2,1-3H3,(H,39,41)(H,40,42)/t25-,26-,27-,28-/m0/s1. The lowest BCUT2D eigenvalue weighted by Gasteiger charge is -2.38. The average molecular weight is 866 g/mol. The van der Waals surface area contributed by atoms with Crippen LogP contribution in [0.15, 0.2) is 51.0 Å². The number of hydrogen-bond acceptors (Lipinski definition) is 12. The van der Waals surface area contributed by atoms with Crippen molar-refractivity contribution in [2.45, 2.75) is 92.0 Å². The number of halogens is 4. The largest absolute Gasteiger partial charge is 0.487 e. The van der Waals surface area contributed by atoms with Gasteiger partial charge in [-0.2, -0.15) is 0 Å². The number of likely N-dealkylation sites (N-methyl/N-ethyl adjacent to an activating group) is 2. The van der Waals surface area contributed by atoms with Crippen molar-refractivity contribution in [1.29, 1.82) is 0 Å². The van der Waals surface area contributed by atoms with Gasteiger partial charge in [0.15, 0.2) is 10.3 Å².